The number of rotatable bonds is 5. The predicted octanol–water partition coefficient (Wildman–Crippen LogP) is 3.60. The van der Waals surface area contributed by atoms with Gasteiger partial charge in [-0.1, -0.05) is 6.07 Å². The van der Waals surface area contributed by atoms with E-state index < -0.39 is 16.2 Å². The number of aryl methyl sites for hydroxylation is 1. The second-order valence-corrected chi connectivity index (χ2v) is 8.58. The van der Waals surface area contributed by atoms with E-state index in [0.29, 0.717) is 29.0 Å². The lowest BCUT2D eigenvalue weighted by Crippen LogP contribution is -2.50. The number of nitro benzene ring substituents is 1. The Bertz CT molecular complexity index is 768. The molecule has 5 rings (SSSR count). The van der Waals surface area contributed by atoms with Gasteiger partial charge in [-0.05, 0) is 68.8 Å². The molecule has 1 amide bonds. The van der Waals surface area contributed by atoms with Gasteiger partial charge in [-0.2, -0.15) is 0 Å². The van der Waals surface area contributed by atoms with E-state index in [0.717, 1.165) is 19.3 Å². The number of amides is 1. The number of hydrogen-bond acceptors (Lipinski definition) is 5. The lowest BCUT2D eigenvalue weighted by atomic mass is 9.49. The standard InChI is InChI=1S/C20H24N2O5/c1-12-2-3-16(22(25)26)7-17(12)21-18(23)11-27-19(24)20-8-13-4-14(9-20)6-15(5-13)10-20/h2-3,7,13-15H,4-6,8-11H2,1H3,(H,21,23). The smallest absolute Gasteiger partial charge is 0.312 e. The average Bonchev–Trinajstić information content (AvgIpc) is 2.60. The van der Waals surface area contributed by atoms with Crippen LogP contribution >= 0.6 is 0 Å². The summed E-state index contributed by atoms with van der Waals surface area (Å²) in [7, 11) is 0. The van der Waals surface area contributed by atoms with Crippen LogP contribution < -0.4 is 5.32 Å². The highest BCUT2D eigenvalue weighted by Gasteiger charge is 2.55. The molecule has 144 valence electrons. The van der Waals surface area contributed by atoms with Crippen molar-refractivity contribution in [3.05, 3.63) is 33.9 Å². The van der Waals surface area contributed by atoms with Crippen LogP contribution in [0, 0.1) is 40.2 Å². The predicted molar refractivity (Wildman–Crippen MR) is 98.0 cm³/mol. The van der Waals surface area contributed by atoms with E-state index in [4.69, 9.17) is 4.74 Å². The molecule has 4 bridgehead atoms. The summed E-state index contributed by atoms with van der Waals surface area (Å²) < 4.78 is 5.39. The average molecular weight is 372 g/mol. The third-order valence-electron chi connectivity index (χ3n) is 6.51. The Balaban J connectivity index is 1.36. The summed E-state index contributed by atoms with van der Waals surface area (Å²) in [5.41, 5.74) is 0.583. The Morgan fingerprint density at radius 1 is 1.19 bits per heavy atom. The molecule has 27 heavy (non-hydrogen) atoms. The summed E-state index contributed by atoms with van der Waals surface area (Å²) in [6, 6.07) is 4.28. The van der Waals surface area contributed by atoms with Crippen LogP contribution in [0.1, 0.15) is 44.1 Å². The lowest BCUT2D eigenvalue weighted by Gasteiger charge is -2.55. The minimum absolute atomic E-state index is 0.0959. The fourth-order valence-corrected chi connectivity index (χ4v) is 5.69. The molecule has 0 aliphatic heterocycles. The minimum Gasteiger partial charge on any atom is -0.455 e. The van der Waals surface area contributed by atoms with Crippen LogP contribution in [0.5, 0.6) is 0 Å². The zero-order valence-corrected chi connectivity index (χ0v) is 15.4. The highest BCUT2D eigenvalue weighted by atomic mass is 16.6. The van der Waals surface area contributed by atoms with Crippen molar-refractivity contribution in [1.29, 1.82) is 0 Å². The van der Waals surface area contributed by atoms with Crippen LogP contribution in [0.2, 0.25) is 0 Å². The van der Waals surface area contributed by atoms with Gasteiger partial charge in [0.15, 0.2) is 6.61 Å². The van der Waals surface area contributed by atoms with Crippen molar-refractivity contribution < 1.29 is 19.2 Å². The van der Waals surface area contributed by atoms with Crippen LogP contribution in [0.3, 0.4) is 0 Å². The van der Waals surface area contributed by atoms with E-state index >= 15 is 0 Å². The number of nitrogens with zero attached hydrogens (tertiary/aromatic N) is 1. The normalized spacial score (nSPS) is 30.8. The Hall–Kier alpha value is -2.44. The summed E-state index contributed by atoms with van der Waals surface area (Å²) in [5, 5.41) is 13.5. The number of esters is 1. The van der Waals surface area contributed by atoms with Crippen LogP contribution in [0.4, 0.5) is 11.4 Å². The first-order chi connectivity index (χ1) is 12.8. The molecule has 0 radical (unpaired) electrons. The molecule has 4 aliphatic rings. The van der Waals surface area contributed by atoms with Gasteiger partial charge in [0.25, 0.3) is 11.6 Å². The maximum atomic E-state index is 12.8. The molecule has 1 aromatic rings. The molecule has 4 fully saturated rings. The monoisotopic (exact) mass is 372 g/mol. The van der Waals surface area contributed by atoms with Gasteiger partial charge in [-0.15, -0.1) is 0 Å². The Morgan fingerprint density at radius 2 is 1.78 bits per heavy atom. The third kappa shape index (κ3) is 3.42. The second kappa shape index (κ2) is 6.62. The molecule has 1 aromatic carbocycles. The Morgan fingerprint density at radius 3 is 2.33 bits per heavy atom. The number of carbonyl (C=O) groups excluding carboxylic acids is 2. The van der Waals surface area contributed by atoms with Gasteiger partial charge in [-0.3, -0.25) is 19.7 Å². The van der Waals surface area contributed by atoms with Crippen LogP contribution in [-0.2, 0) is 14.3 Å². The van der Waals surface area contributed by atoms with Crippen molar-refractivity contribution in [3.63, 3.8) is 0 Å². The van der Waals surface area contributed by atoms with Crippen molar-refractivity contribution in [3.8, 4) is 0 Å². The van der Waals surface area contributed by atoms with E-state index in [1.54, 1.807) is 13.0 Å². The van der Waals surface area contributed by atoms with Crippen molar-refractivity contribution in [2.45, 2.75) is 45.4 Å². The van der Waals surface area contributed by atoms with Gasteiger partial charge in [0.2, 0.25) is 0 Å². The highest BCUT2D eigenvalue weighted by molar-refractivity contribution is 5.94. The van der Waals surface area contributed by atoms with Gasteiger partial charge < -0.3 is 10.1 Å². The topological polar surface area (TPSA) is 98.5 Å². The fourth-order valence-electron chi connectivity index (χ4n) is 5.69. The molecule has 1 N–H and O–H groups in total. The number of nitrogens with one attached hydrogen (secondary N) is 1. The van der Waals surface area contributed by atoms with Gasteiger partial charge >= 0.3 is 5.97 Å². The number of anilines is 1. The first-order valence-electron chi connectivity index (χ1n) is 9.57. The molecule has 4 aliphatic carbocycles. The SMILES string of the molecule is Cc1ccc([N+](=O)[O-])cc1NC(=O)COC(=O)C12CC3CC(CC(C3)C1)C2. The quantitative estimate of drug-likeness (QED) is 0.484. The summed E-state index contributed by atoms with van der Waals surface area (Å²) in [5.74, 6) is 1.17. The van der Waals surface area contributed by atoms with Gasteiger partial charge in [0, 0.05) is 12.1 Å². The summed E-state index contributed by atoms with van der Waals surface area (Å²) >= 11 is 0. The molecule has 0 spiro atoms. The van der Waals surface area contributed by atoms with Crippen molar-refractivity contribution in [2.75, 3.05) is 11.9 Å². The first-order valence-corrected chi connectivity index (χ1v) is 9.57. The summed E-state index contributed by atoms with van der Waals surface area (Å²) in [6.45, 7) is 1.39. The fraction of sp³-hybridized carbons (Fsp3) is 0.600. The maximum absolute atomic E-state index is 12.8. The van der Waals surface area contributed by atoms with E-state index in [9.17, 15) is 19.7 Å². The van der Waals surface area contributed by atoms with Crippen LogP contribution in [-0.4, -0.2) is 23.4 Å². The van der Waals surface area contributed by atoms with Crippen molar-refractivity contribution in [1.82, 2.24) is 0 Å². The maximum Gasteiger partial charge on any atom is 0.312 e. The number of benzene rings is 1. The molecular weight excluding hydrogens is 348 g/mol. The van der Waals surface area contributed by atoms with Gasteiger partial charge in [-0.25, -0.2) is 0 Å². The van der Waals surface area contributed by atoms with E-state index in [2.05, 4.69) is 5.32 Å². The van der Waals surface area contributed by atoms with E-state index in [1.165, 1.54) is 31.4 Å². The third-order valence-corrected chi connectivity index (χ3v) is 6.51. The highest BCUT2D eigenvalue weighted by Crippen LogP contribution is 2.60. The Kier molecular flexibility index (Phi) is 4.40. The molecule has 0 saturated heterocycles. The summed E-state index contributed by atoms with van der Waals surface area (Å²) in [4.78, 5) is 35.4. The molecule has 4 saturated carbocycles. The lowest BCUT2D eigenvalue weighted by molar-refractivity contribution is -0.384. The largest absolute Gasteiger partial charge is 0.455 e. The zero-order chi connectivity index (χ0) is 19.2. The number of non-ortho nitro benzene ring substituents is 1. The molecule has 0 heterocycles. The first kappa shape index (κ1) is 17.9. The van der Waals surface area contributed by atoms with E-state index in [1.807, 2.05) is 0 Å². The van der Waals surface area contributed by atoms with Gasteiger partial charge in [0.05, 0.1) is 16.0 Å². The van der Waals surface area contributed by atoms with Crippen LogP contribution in [0.15, 0.2) is 18.2 Å². The number of nitro groups is 1. The van der Waals surface area contributed by atoms with Gasteiger partial charge in [0.1, 0.15) is 0 Å². The number of hydrogen-bond donors (Lipinski definition) is 1. The molecular formula is C20H24N2O5. The molecule has 7 heteroatoms. The molecule has 0 atom stereocenters. The van der Waals surface area contributed by atoms with E-state index in [-0.39, 0.29) is 18.3 Å². The van der Waals surface area contributed by atoms with Crippen molar-refractivity contribution >= 4 is 23.3 Å². The molecule has 0 aromatic heterocycles. The minimum atomic E-state index is -0.512. The molecule has 7 nitrogen and oxygen atoms in total. The molecule has 0 unspecified atom stereocenters. The van der Waals surface area contributed by atoms with Crippen molar-refractivity contribution in [2.24, 2.45) is 23.2 Å². The zero-order valence-electron chi connectivity index (χ0n) is 15.4. The number of carbonyl (C=O) groups is 2. The van der Waals surface area contributed by atoms with Crippen LogP contribution in [0.25, 0.3) is 0 Å². The number of ether oxygens (including phenoxy) is 1. The summed E-state index contributed by atoms with van der Waals surface area (Å²) in [6.07, 6.45) is 6.38. The Labute approximate surface area is 157 Å². The second-order valence-electron chi connectivity index (χ2n) is 8.58.